The van der Waals surface area contributed by atoms with Gasteiger partial charge in [-0.25, -0.2) is 18.3 Å². The number of benzene rings is 2. The summed E-state index contributed by atoms with van der Waals surface area (Å²) in [6, 6.07) is 16.2. The van der Waals surface area contributed by atoms with Gasteiger partial charge in [-0.2, -0.15) is 10.4 Å². The molecule has 5 aliphatic heterocycles. The van der Waals surface area contributed by atoms with E-state index in [4.69, 9.17) is 9.72 Å². The number of unbranched alkanes of at least 4 members (excludes halogenated alkanes) is 3. The van der Waals surface area contributed by atoms with E-state index in [1.54, 1.807) is 21.8 Å². The SMILES string of the molecule is CCOc1cc(-c2ccc(N3CCC(CN4CCN(C(=O)CCCCCCN5CCN(c6ccc7c(c6)CN(C6CCC(=O)NC6=O)C7=O)CC5)CC4)(NC(=O)c4cc(F)ccc4F)CC3)nc2)c2c(C#N)cnn2c1. The molecular formula is C56H64F2N12O6. The van der Waals surface area contributed by atoms with E-state index >= 15 is 0 Å². The van der Waals surface area contributed by atoms with Gasteiger partial charge in [0.25, 0.3) is 11.8 Å². The molecule has 18 nitrogen and oxygen atoms in total. The third kappa shape index (κ3) is 11.4. The molecule has 4 saturated heterocycles. The van der Waals surface area contributed by atoms with Gasteiger partial charge in [0, 0.05) is 120 Å². The van der Waals surface area contributed by atoms with Crippen molar-refractivity contribution in [1.82, 2.24) is 44.8 Å². The number of piperazine rings is 2. The second-order valence-electron chi connectivity index (χ2n) is 20.6. The second-order valence-corrected chi connectivity index (χ2v) is 20.6. The molecule has 1 unspecified atom stereocenters. The zero-order chi connectivity index (χ0) is 52.9. The fourth-order valence-corrected chi connectivity index (χ4v) is 11.5. The normalized spacial score (nSPS) is 19.2. The minimum Gasteiger partial charge on any atom is -0.492 e. The molecule has 2 N–H and O–H groups in total. The molecule has 5 aromatic rings. The lowest BCUT2D eigenvalue weighted by atomic mass is 9.86. The van der Waals surface area contributed by atoms with E-state index in [2.05, 4.69) is 47.5 Å². The van der Waals surface area contributed by atoms with Gasteiger partial charge in [-0.1, -0.05) is 12.8 Å². The number of hydrogen-bond acceptors (Lipinski definition) is 13. The molecule has 0 spiro atoms. The Kier molecular flexibility index (Phi) is 15.6. The van der Waals surface area contributed by atoms with Crippen molar-refractivity contribution in [1.29, 1.82) is 5.26 Å². The third-order valence-corrected chi connectivity index (χ3v) is 15.8. The van der Waals surface area contributed by atoms with Crippen LogP contribution >= 0.6 is 0 Å². The number of imide groups is 1. The average molecular weight is 1040 g/mol. The van der Waals surface area contributed by atoms with Crippen molar-refractivity contribution < 1.29 is 37.5 Å². The highest BCUT2D eigenvalue weighted by Gasteiger charge is 2.41. The van der Waals surface area contributed by atoms with Crippen molar-refractivity contribution in [3.05, 3.63) is 107 Å². The summed E-state index contributed by atoms with van der Waals surface area (Å²) in [7, 11) is 0. The van der Waals surface area contributed by atoms with Crippen LogP contribution in [0.2, 0.25) is 0 Å². The van der Waals surface area contributed by atoms with E-state index in [9.17, 15) is 38.0 Å². The van der Waals surface area contributed by atoms with Crippen LogP contribution in [0.15, 0.2) is 73.2 Å². The maximum atomic E-state index is 14.9. The Labute approximate surface area is 440 Å². The van der Waals surface area contributed by atoms with Gasteiger partial charge in [0.2, 0.25) is 17.7 Å². The van der Waals surface area contributed by atoms with Crippen LogP contribution in [-0.4, -0.2) is 160 Å². The molecule has 5 amide bonds. The molecule has 8 heterocycles. The zero-order valence-electron chi connectivity index (χ0n) is 42.9. The number of carbonyl (C=O) groups excluding carboxylic acids is 5. The standard InChI is InChI=1S/C56H64F2N12O6/c1-2-76-43-31-45(52-40(32-59)34-61-70(52)36-43)38-8-14-49(60-33-38)67-19-16-56(17-20-67,63-53(73)46-30-41(57)9-12-47(46)58)37-65-23-27-68(28-24-65)51(72)7-5-3-4-6-18-64-21-25-66(26-22-64)42-10-11-44-39(29-42)35-69(55(44)75)48-13-15-50(71)62-54(48)74/h8-12,14,29-31,33-34,36,48H,2-7,13,15-28,35,37H2,1H3,(H,63,73)(H,62,71,74). The van der Waals surface area contributed by atoms with Gasteiger partial charge in [0.15, 0.2) is 0 Å². The molecular weight excluding hydrogens is 975 g/mol. The maximum Gasteiger partial charge on any atom is 0.255 e. The van der Waals surface area contributed by atoms with Gasteiger partial charge in [-0.3, -0.25) is 39.1 Å². The molecule has 0 aliphatic carbocycles. The van der Waals surface area contributed by atoms with E-state index in [1.165, 1.54) is 6.20 Å². The number of aromatic nitrogens is 3. The highest BCUT2D eigenvalue weighted by atomic mass is 19.1. The number of nitrogens with one attached hydrogen (secondary N) is 2. The Morgan fingerprint density at radius 3 is 2.37 bits per heavy atom. The first kappa shape index (κ1) is 52.0. The Morgan fingerprint density at radius 1 is 0.855 bits per heavy atom. The number of ether oxygens (including phenoxy) is 1. The number of piperidine rings is 2. The van der Waals surface area contributed by atoms with Crippen LogP contribution in [0.5, 0.6) is 5.75 Å². The number of halogens is 2. The molecule has 0 radical (unpaired) electrons. The van der Waals surface area contributed by atoms with Gasteiger partial charge >= 0.3 is 0 Å². The molecule has 0 bridgehead atoms. The largest absolute Gasteiger partial charge is 0.492 e. The summed E-state index contributed by atoms with van der Waals surface area (Å²) in [6.07, 6.45) is 11.0. The second kappa shape index (κ2) is 22.8. The Balaban J connectivity index is 0.669. The van der Waals surface area contributed by atoms with Crippen molar-refractivity contribution in [3.8, 4) is 22.9 Å². The van der Waals surface area contributed by atoms with Crippen LogP contribution in [0.1, 0.15) is 96.6 Å². The van der Waals surface area contributed by atoms with E-state index in [-0.39, 0.29) is 29.7 Å². The van der Waals surface area contributed by atoms with Crippen LogP contribution in [-0.2, 0) is 20.9 Å². The first-order chi connectivity index (χ1) is 36.9. The van der Waals surface area contributed by atoms with Crippen molar-refractivity contribution in [2.75, 3.05) is 94.9 Å². The summed E-state index contributed by atoms with van der Waals surface area (Å²) in [6.45, 7) is 11.3. The molecule has 0 saturated carbocycles. The fraction of sp³-hybridized carbons (Fsp3) is 0.464. The summed E-state index contributed by atoms with van der Waals surface area (Å²) in [4.78, 5) is 82.0. The zero-order valence-corrected chi connectivity index (χ0v) is 42.9. The Hall–Kier alpha value is -7.50. The lowest BCUT2D eigenvalue weighted by Gasteiger charge is -2.46. The van der Waals surface area contributed by atoms with Crippen molar-refractivity contribution >= 4 is 46.6 Å². The fourth-order valence-electron chi connectivity index (χ4n) is 11.5. The first-order valence-electron chi connectivity index (χ1n) is 26.7. The number of pyridine rings is 2. The Bertz CT molecular complexity index is 3030. The lowest BCUT2D eigenvalue weighted by molar-refractivity contribution is -0.137. The predicted molar refractivity (Wildman–Crippen MR) is 280 cm³/mol. The average Bonchev–Trinajstić information content (AvgIpc) is 4.00. The Morgan fingerprint density at radius 2 is 1.63 bits per heavy atom. The van der Waals surface area contributed by atoms with E-state index in [1.807, 2.05) is 42.2 Å². The van der Waals surface area contributed by atoms with Crippen LogP contribution in [0.25, 0.3) is 16.6 Å². The smallest absolute Gasteiger partial charge is 0.255 e. The van der Waals surface area contributed by atoms with E-state index in [0.29, 0.717) is 107 Å². The van der Waals surface area contributed by atoms with Gasteiger partial charge < -0.3 is 29.7 Å². The molecule has 1 atom stereocenters. The monoisotopic (exact) mass is 1040 g/mol. The van der Waals surface area contributed by atoms with Crippen molar-refractivity contribution in [3.63, 3.8) is 0 Å². The van der Waals surface area contributed by atoms with Crippen LogP contribution < -0.4 is 25.2 Å². The minimum absolute atomic E-state index is 0.147. The predicted octanol–water partition coefficient (Wildman–Crippen LogP) is 5.39. The van der Waals surface area contributed by atoms with Crippen molar-refractivity contribution in [2.24, 2.45) is 0 Å². The summed E-state index contributed by atoms with van der Waals surface area (Å²) in [5.74, 6) is -1.52. The number of hydrogen-bond donors (Lipinski definition) is 2. The number of nitrogens with zero attached hydrogens (tertiary/aromatic N) is 10. The molecule has 10 rings (SSSR count). The van der Waals surface area contributed by atoms with Gasteiger partial charge in [0.1, 0.15) is 35.3 Å². The molecule has 20 heteroatoms. The molecule has 398 valence electrons. The topological polar surface area (TPSA) is 192 Å². The number of rotatable bonds is 17. The molecule has 2 aromatic carbocycles. The van der Waals surface area contributed by atoms with Crippen LogP contribution in [0.4, 0.5) is 20.3 Å². The van der Waals surface area contributed by atoms with Crippen LogP contribution in [0, 0.1) is 23.0 Å². The summed E-state index contributed by atoms with van der Waals surface area (Å²) in [5, 5.41) is 19.7. The number of amides is 5. The lowest BCUT2D eigenvalue weighted by Crippen LogP contribution is -2.62. The highest BCUT2D eigenvalue weighted by molar-refractivity contribution is 6.05. The number of anilines is 2. The summed E-state index contributed by atoms with van der Waals surface area (Å²) < 4.78 is 36.6. The number of carbonyl (C=O) groups is 5. The van der Waals surface area contributed by atoms with E-state index < -0.39 is 35.0 Å². The summed E-state index contributed by atoms with van der Waals surface area (Å²) in [5.41, 5.74) is 4.15. The van der Waals surface area contributed by atoms with Gasteiger partial charge in [0.05, 0.1) is 41.2 Å². The van der Waals surface area contributed by atoms with Gasteiger partial charge in [-0.05, 0) is 106 Å². The molecule has 4 fully saturated rings. The number of nitriles is 1. The highest BCUT2D eigenvalue weighted by Crippen LogP contribution is 2.34. The molecule has 76 heavy (non-hydrogen) atoms. The quantitative estimate of drug-likeness (QED) is 0.0891. The van der Waals surface area contributed by atoms with Crippen molar-refractivity contribution in [2.45, 2.75) is 82.8 Å². The van der Waals surface area contributed by atoms with E-state index in [0.717, 1.165) is 105 Å². The van der Waals surface area contributed by atoms with Crippen LogP contribution in [0.3, 0.4) is 0 Å². The first-order valence-corrected chi connectivity index (χ1v) is 26.7. The summed E-state index contributed by atoms with van der Waals surface area (Å²) >= 11 is 0. The third-order valence-electron chi connectivity index (χ3n) is 15.8. The number of fused-ring (bicyclic) bond motifs is 2. The maximum absolute atomic E-state index is 14.9. The minimum atomic E-state index is -0.794. The van der Waals surface area contributed by atoms with Gasteiger partial charge in [-0.15, -0.1) is 0 Å². The molecule has 5 aliphatic rings. The molecule has 3 aromatic heterocycles.